The molecular formula is C15H15BrN3OS+. The number of anilines is 1. The van der Waals surface area contributed by atoms with Crippen molar-refractivity contribution in [2.75, 3.05) is 5.73 Å². The lowest BCUT2D eigenvalue weighted by Crippen LogP contribution is -2.40. The van der Waals surface area contributed by atoms with E-state index in [-0.39, 0.29) is 12.3 Å². The van der Waals surface area contributed by atoms with E-state index in [1.807, 2.05) is 52.5 Å². The van der Waals surface area contributed by atoms with Crippen LogP contribution in [0.15, 0.2) is 40.2 Å². The van der Waals surface area contributed by atoms with E-state index in [0.29, 0.717) is 5.95 Å². The number of aromatic nitrogens is 2. The van der Waals surface area contributed by atoms with Crippen LogP contribution in [0.1, 0.15) is 16.6 Å². The largest absolute Gasteiger partial charge is 0.356 e. The molecular weight excluding hydrogens is 350 g/mol. The Morgan fingerprint density at radius 3 is 2.76 bits per heavy atom. The molecule has 2 aromatic heterocycles. The molecule has 4 nitrogen and oxygen atoms in total. The summed E-state index contributed by atoms with van der Waals surface area (Å²) in [5.74, 6) is 0.684. The van der Waals surface area contributed by atoms with Gasteiger partial charge in [-0.25, -0.2) is 9.13 Å². The highest BCUT2D eigenvalue weighted by Gasteiger charge is 2.22. The first kappa shape index (κ1) is 14.3. The van der Waals surface area contributed by atoms with E-state index in [2.05, 4.69) is 15.9 Å². The molecule has 1 aromatic carbocycles. The molecule has 0 spiro atoms. The minimum atomic E-state index is 0.0707. The average Bonchev–Trinajstić information content (AvgIpc) is 3.02. The van der Waals surface area contributed by atoms with Gasteiger partial charge in [-0.05, 0) is 47.1 Å². The maximum atomic E-state index is 12.4. The van der Waals surface area contributed by atoms with E-state index < -0.39 is 0 Å². The predicted octanol–water partition coefficient (Wildman–Crippen LogP) is 3.24. The Morgan fingerprint density at radius 1 is 1.33 bits per heavy atom. The number of carbonyl (C=O) groups excluding carboxylic acids is 1. The summed E-state index contributed by atoms with van der Waals surface area (Å²) in [6.07, 6.45) is 0. The number of carbonyl (C=O) groups is 1. The molecule has 0 unspecified atom stereocenters. The lowest BCUT2D eigenvalue weighted by molar-refractivity contribution is -0.642. The Morgan fingerprint density at radius 2 is 2.10 bits per heavy atom. The van der Waals surface area contributed by atoms with Crippen LogP contribution in [0.25, 0.3) is 11.0 Å². The second-order valence-corrected chi connectivity index (χ2v) is 7.17. The number of imidazole rings is 1. The van der Waals surface area contributed by atoms with Crippen molar-refractivity contribution in [1.29, 1.82) is 0 Å². The Balaban J connectivity index is 2.04. The van der Waals surface area contributed by atoms with Gasteiger partial charge >= 0.3 is 5.95 Å². The number of fused-ring (bicyclic) bond motifs is 1. The van der Waals surface area contributed by atoms with Crippen LogP contribution in [0, 0.1) is 0 Å². The van der Waals surface area contributed by atoms with Crippen LogP contribution < -0.4 is 10.3 Å². The van der Waals surface area contributed by atoms with Gasteiger partial charge in [-0.2, -0.15) is 0 Å². The number of rotatable bonds is 4. The van der Waals surface area contributed by atoms with Crippen molar-refractivity contribution in [3.63, 3.8) is 0 Å². The lowest BCUT2D eigenvalue weighted by Gasteiger charge is -1.99. The molecule has 21 heavy (non-hydrogen) atoms. The Kier molecular flexibility index (Phi) is 3.82. The third kappa shape index (κ3) is 2.49. The molecule has 3 aromatic rings. The van der Waals surface area contributed by atoms with Gasteiger partial charge in [-0.15, -0.1) is 11.3 Å². The van der Waals surface area contributed by atoms with Crippen molar-refractivity contribution in [3.05, 3.63) is 45.1 Å². The third-order valence-corrected chi connectivity index (χ3v) is 5.15. The molecule has 2 N–H and O–H groups in total. The number of ketones is 1. The number of Topliss-reactive ketones (excluding diaryl/α,β-unsaturated/α-hetero) is 1. The van der Waals surface area contributed by atoms with E-state index in [1.54, 1.807) is 0 Å². The second-order valence-electron chi connectivity index (χ2n) is 4.70. The topological polar surface area (TPSA) is 51.9 Å². The average molecular weight is 365 g/mol. The first-order valence-electron chi connectivity index (χ1n) is 6.67. The highest BCUT2D eigenvalue weighted by molar-refractivity contribution is 9.11. The lowest BCUT2D eigenvalue weighted by atomic mass is 10.3. The summed E-state index contributed by atoms with van der Waals surface area (Å²) in [6, 6.07) is 11.7. The predicted molar refractivity (Wildman–Crippen MR) is 88.6 cm³/mol. The molecule has 2 heterocycles. The van der Waals surface area contributed by atoms with Gasteiger partial charge in [0.05, 0.1) is 15.2 Å². The maximum Gasteiger partial charge on any atom is 0.356 e. The standard InChI is InChI=1S/C15H14BrN3OS/c1-2-18-10-5-3-4-6-11(10)19(15(18)17)9-12(20)13-7-8-14(16)21-13/h3-8,17H,2,9H2,1H3/p+1. The molecule has 0 saturated carbocycles. The number of aryl methyl sites for hydroxylation is 1. The van der Waals surface area contributed by atoms with Crippen LogP contribution in [-0.4, -0.2) is 10.4 Å². The van der Waals surface area contributed by atoms with E-state index in [1.165, 1.54) is 11.3 Å². The number of nitrogens with zero attached hydrogens (tertiary/aromatic N) is 2. The zero-order valence-electron chi connectivity index (χ0n) is 11.5. The van der Waals surface area contributed by atoms with Crippen molar-refractivity contribution < 1.29 is 9.36 Å². The second kappa shape index (κ2) is 5.61. The zero-order valence-corrected chi connectivity index (χ0v) is 13.9. The number of hydrogen-bond donors (Lipinski definition) is 1. The number of nitrogen functional groups attached to an aromatic ring is 1. The minimum absolute atomic E-state index is 0.0707. The molecule has 0 aliphatic heterocycles. The van der Waals surface area contributed by atoms with Gasteiger partial charge in [-0.3, -0.25) is 10.5 Å². The number of para-hydroxylation sites is 2. The fraction of sp³-hybridized carbons (Fsp3) is 0.200. The van der Waals surface area contributed by atoms with Gasteiger partial charge < -0.3 is 0 Å². The molecule has 0 amide bonds. The number of nitrogens with two attached hydrogens (primary N) is 1. The molecule has 108 valence electrons. The first-order valence-corrected chi connectivity index (χ1v) is 8.28. The molecule has 0 bridgehead atoms. The van der Waals surface area contributed by atoms with Gasteiger partial charge in [0, 0.05) is 0 Å². The summed E-state index contributed by atoms with van der Waals surface area (Å²) in [7, 11) is 0. The summed E-state index contributed by atoms with van der Waals surface area (Å²) in [5, 5.41) is 0. The highest BCUT2D eigenvalue weighted by atomic mass is 79.9. The van der Waals surface area contributed by atoms with E-state index in [4.69, 9.17) is 5.73 Å². The minimum Gasteiger partial charge on any atom is -0.290 e. The van der Waals surface area contributed by atoms with Crippen LogP contribution in [0.2, 0.25) is 0 Å². The van der Waals surface area contributed by atoms with Gasteiger partial charge in [0.1, 0.15) is 17.6 Å². The number of thiophene rings is 1. The van der Waals surface area contributed by atoms with Gasteiger partial charge in [0.2, 0.25) is 5.78 Å². The molecule has 0 radical (unpaired) electrons. The van der Waals surface area contributed by atoms with E-state index in [0.717, 1.165) is 26.2 Å². The smallest absolute Gasteiger partial charge is 0.290 e. The Labute approximate surface area is 134 Å². The van der Waals surface area contributed by atoms with Crippen molar-refractivity contribution >= 4 is 50.0 Å². The van der Waals surface area contributed by atoms with Crippen LogP contribution in [0.3, 0.4) is 0 Å². The fourth-order valence-electron chi connectivity index (χ4n) is 2.50. The van der Waals surface area contributed by atoms with Crippen LogP contribution in [-0.2, 0) is 13.1 Å². The normalized spacial score (nSPS) is 11.1. The summed E-state index contributed by atoms with van der Waals surface area (Å²) < 4.78 is 4.86. The molecule has 3 rings (SSSR count). The third-order valence-electron chi connectivity index (χ3n) is 3.48. The maximum absolute atomic E-state index is 12.4. The summed E-state index contributed by atoms with van der Waals surface area (Å²) in [5.41, 5.74) is 8.27. The molecule has 0 aliphatic rings. The van der Waals surface area contributed by atoms with Crippen LogP contribution in [0.5, 0.6) is 0 Å². The summed E-state index contributed by atoms with van der Waals surface area (Å²) in [4.78, 5) is 13.2. The SMILES string of the molecule is CCn1c(N)[n+](CC(=O)c2ccc(Br)s2)c2ccccc21. The van der Waals surface area contributed by atoms with E-state index >= 15 is 0 Å². The van der Waals surface area contributed by atoms with Crippen molar-refractivity contribution in [3.8, 4) is 0 Å². The molecule has 0 atom stereocenters. The summed E-state index contributed by atoms with van der Waals surface area (Å²) in [6.45, 7) is 3.08. The monoisotopic (exact) mass is 364 g/mol. The van der Waals surface area contributed by atoms with E-state index in [9.17, 15) is 4.79 Å². The van der Waals surface area contributed by atoms with Crippen molar-refractivity contribution in [2.45, 2.75) is 20.0 Å². The number of halogens is 1. The van der Waals surface area contributed by atoms with Crippen LogP contribution in [0.4, 0.5) is 5.95 Å². The van der Waals surface area contributed by atoms with Gasteiger partial charge in [0.25, 0.3) is 0 Å². The molecule has 6 heteroatoms. The number of benzene rings is 1. The van der Waals surface area contributed by atoms with Gasteiger partial charge in [-0.1, -0.05) is 12.1 Å². The fourth-order valence-corrected chi connectivity index (χ4v) is 3.81. The number of hydrogen-bond acceptors (Lipinski definition) is 3. The highest BCUT2D eigenvalue weighted by Crippen LogP contribution is 2.23. The molecule has 0 aliphatic carbocycles. The van der Waals surface area contributed by atoms with Gasteiger partial charge in [0.15, 0.2) is 0 Å². The zero-order chi connectivity index (χ0) is 15.0. The van der Waals surface area contributed by atoms with Crippen molar-refractivity contribution in [2.24, 2.45) is 0 Å². The quantitative estimate of drug-likeness (QED) is 0.570. The first-order chi connectivity index (χ1) is 10.1. The van der Waals surface area contributed by atoms with Crippen molar-refractivity contribution in [1.82, 2.24) is 4.57 Å². The molecule has 0 saturated heterocycles. The Bertz CT molecular complexity index is 822. The molecule has 0 fully saturated rings. The Hall–Kier alpha value is -1.66. The summed E-state index contributed by atoms with van der Waals surface area (Å²) >= 11 is 4.83. The van der Waals surface area contributed by atoms with Crippen LogP contribution >= 0.6 is 27.3 Å².